The Balaban J connectivity index is 1.95. The third-order valence-electron chi connectivity index (χ3n) is 3.68. The van der Waals surface area contributed by atoms with Gasteiger partial charge in [0.05, 0.1) is 27.5 Å². The first kappa shape index (κ1) is 19.1. The number of nitrogens with one attached hydrogen (secondary N) is 2. The highest BCUT2D eigenvalue weighted by Crippen LogP contribution is 2.22. The first-order valence-electron chi connectivity index (χ1n) is 8.03. The topological polar surface area (TPSA) is 81.2 Å². The fourth-order valence-corrected chi connectivity index (χ4v) is 2.21. The monoisotopic (exact) mass is 357 g/mol. The van der Waals surface area contributed by atoms with Gasteiger partial charge in [0.15, 0.2) is 0 Å². The van der Waals surface area contributed by atoms with E-state index in [0.717, 1.165) is 11.4 Å². The first-order chi connectivity index (χ1) is 12.6. The third kappa shape index (κ3) is 5.14. The lowest BCUT2D eigenvalue weighted by molar-refractivity contribution is -0.121. The molecule has 0 bridgehead atoms. The fraction of sp³-hybridized carbons (Fsp3) is 0.263. The van der Waals surface area contributed by atoms with Crippen molar-refractivity contribution in [3.8, 4) is 17.2 Å². The largest absolute Gasteiger partial charge is 0.497 e. The summed E-state index contributed by atoms with van der Waals surface area (Å²) in [5.74, 6) is 1.80. The van der Waals surface area contributed by atoms with Gasteiger partial charge >= 0.3 is 0 Å². The van der Waals surface area contributed by atoms with Crippen LogP contribution < -0.4 is 25.0 Å². The van der Waals surface area contributed by atoms with Crippen LogP contribution in [0.25, 0.3) is 0 Å². The van der Waals surface area contributed by atoms with Gasteiger partial charge in [0.25, 0.3) is 5.91 Å². The summed E-state index contributed by atoms with van der Waals surface area (Å²) in [6.07, 6.45) is 1.51. The van der Waals surface area contributed by atoms with Crippen molar-refractivity contribution < 1.29 is 19.0 Å². The third-order valence-corrected chi connectivity index (χ3v) is 3.68. The standard InChI is InChI=1S/C19H23N3O4/c1-13(21-15-5-7-16(24-2)8-6-15)19(23)22-20-12-14-11-17(25-3)9-10-18(14)26-4/h5-13,21H,1-4H3,(H,22,23)/b20-12+. The van der Waals surface area contributed by atoms with Crippen molar-refractivity contribution in [2.24, 2.45) is 5.10 Å². The van der Waals surface area contributed by atoms with Crippen molar-refractivity contribution in [1.29, 1.82) is 0 Å². The maximum absolute atomic E-state index is 12.2. The predicted molar refractivity (Wildman–Crippen MR) is 101 cm³/mol. The summed E-state index contributed by atoms with van der Waals surface area (Å²) >= 11 is 0. The van der Waals surface area contributed by atoms with Crippen molar-refractivity contribution in [2.75, 3.05) is 26.6 Å². The van der Waals surface area contributed by atoms with Crippen molar-refractivity contribution in [3.05, 3.63) is 48.0 Å². The number of carbonyl (C=O) groups excluding carboxylic acids is 1. The summed E-state index contributed by atoms with van der Waals surface area (Å²) in [5.41, 5.74) is 4.02. The summed E-state index contributed by atoms with van der Waals surface area (Å²) in [5, 5.41) is 7.09. The Hall–Kier alpha value is -3.22. The molecule has 0 saturated carbocycles. The molecule has 0 aromatic heterocycles. The Kier molecular flexibility index (Phi) is 6.84. The molecule has 1 amide bonds. The van der Waals surface area contributed by atoms with Crippen molar-refractivity contribution in [1.82, 2.24) is 5.43 Å². The molecule has 0 aliphatic carbocycles. The van der Waals surface area contributed by atoms with Crippen LogP contribution in [-0.2, 0) is 4.79 Å². The number of carbonyl (C=O) groups is 1. The Labute approximate surface area is 153 Å². The minimum absolute atomic E-state index is 0.265. The molecule has 138 valence electrons. The van der Waals surface area contributed by atoms with Crippen molar-refractivity contribution in [2.45, 2.75) is 13.0 Å². The van der Waals surface area contributed by atoms with E-state index in [1.807, 2.05) is 24.3 Å². The molecule has 0 radical (unpaired) electrons. The number of amides is 1. The van der Waals surface area contributed by atoms with Crippen LogP contribution in [0.2, 0.25) is 0 Å². The second-order valence-corrected chi connectivity index (χ2v) is 5.44. The molecule has 7 heteroatoms. The maximum Gasteiger partial charge on any atom is 0.262 e. The molecule has 0 heterocycles. The first-order valence-corrected chi connectivity index (χ1v) is 8.03. The zero-order valence-electron chi connectivity index (χ0n) is 15.3. The summed E-state index contributed by atoms with van der Waals surface area (Å²) in [6.45, 7) is 1.75. The van der Waals surface area contributed by atoms with E-state index in [2.05, 4.69) is 15.8 Å². The van der Waals surface area contributed by atoms with Crippen LogP contribution in [0.1, 0.15) is 12.5 Å². The number of hydrazone groups is 1. The molecule has 0 saturated heterocycles. The summed E-state index contributed by atoms with van der Waals surface area (Å²) < 4.78 is 15.6. The average molecular weight is 357 g/mol. The molecule has 0 aliphatic rings. The Bertz CT molecular complexity index is 760. The normalized spacial score (nSPS) is 11.7. The van der Waals surface area contributed by atoms with Gasteiger partial charge in [0.1, 0.15) is 23.3 Å². The molecule has 2 N–H and O–H groups in total. The van der Waals surface area contributed by atoms with Crippen LogP contribution in [0.4, 0.5) is 5.69 Å². The van der Waals surface area contributed by atoms with E-state index in [9.17, 15) is 4.79 Å². The molecule has 26 heavy (non-hydrogen) atoms. The lowest BCUT2D eigenvalue weighted by Gasteiger charge is -2.13. The summed E-state index contributed by atoms with van der Waals surface area (Å²) in [6, 6.07) is 12.2. The zero-order valence-corrected chi connectivity index (χ0v) is 15.3. The van der Waals surface area contributed by atoms with Gasteiger partial charge in [-0.25, -0.2) is 5.43 Å². The highest BCUT2D eigenvalue weighted by atomic mass is 16.5. The second kappa shape index (κ2) is 9.31. The number of ether oxygens (including phenoxy) is 3. The number of hydrogen-bond donors (Lipinski definition) is 2. The minimum atomic E-state index is -0.465. The van der Waals surface area contributed by atoms with E-state index in [1.165, 1.54) is 6.21 Å². The highest BCUT2D eigenvalue weighted by Gasteiger charge is 2.12. The smallest absolute Gasteiger partial charge is 0.262 e. The number of benzene rings is 2. The van der Waals surface area contributed by atoms with Gasteiger partial charge in [-0.3, -0.25) is 4.79 Å². The lowest BCUT2D eigenvalue weighted by atomic mass is 10.2. The predicted octanol–water partition coefficient (Wildman–Crippen LogP) is 2.66. The summed E-state index contributed by atoms with van der Waals surface area (Å²) in [7, 11) is 4.75. The van der Waals surface area contributed by atoms with Crippen LogP contribution in [0.5, 0.6) is 17.2 Å². The van der Waals surface area contributed by atoms with Gasteiger partial charge in [0, 0.05) is 11.3 Å². The zero-order chi connectivity index (χ0) is 18.9. The van der Waals surface area contributed by atoms with Crippen LogP contribution in [0.3, 0.4) is 0 Å². The Morgan fingerprint density at radius 1 is 1.00 bits per heavy atom. The van der Waals surface area contributed by atoms with Crippen LogP contribution in [0, 0.1) is 0 Å². The Morgan fingerprint density at radius 3 is 2.27 bits per heavy atom. The number of anilines is 1. The number of rotatable bonds is 8. The average Bonchev–Trinajstić information content (AvgIpc) is 2.68. The van der Waals surface area contributed by atoms with Crippen LogP contribution in [-0.4, -0.2) is 39.5 Å². The van der Waals surface area contributed by atoms with Gasteiger partial charge < -0.3 is 19.5 Å². The van der Waals surface area contributed by atoms with Gasteiger partial charge in [-0.1, -0.05) is 0 Å². The molecule has 0 fully saturated rings. The molecule has 2 rings (SSSR count). The van der Waals surface area contributed by atoms with Crippen molar-refractivity contribution in [3.63, 3.8) is 0 Å². The minimum Gasteiger partial charge on any atom is -0.497 e. The van der Waals surface area contributed by atoms with Gasteiger partial charge in [-0.15, -0.1) is 0 Å². The molecule has 7 nitrogen and oxygen atoms in total. The second-order valence-electron chi connectivity index (χ2n) is 5.44. The number of nitrogens with zero attached hydrogens (tertiary/aromatic N) is 1. The van der Waals surface area contributed by atoms with E-state index in [4.69, 9.17) is 14.2 Å². The molecular weight excluding hydrogens is 334 g/mol. The van der Waals surface area contributed by atoms with E-state index >= 15 is 0 Å². The quantitative estimate of drug-likeness (QED) is 0.561. The molecule has 1 unspecified atom stereocenters. The van der Waals surface area contributed by atoms with E-state index < -0.39 is 6.04 Å². The van der Waals surface area contributed by atoms with Gasteiger partial charge in [-0.2, -0.15) is 5.10 Å². The number of methoxy groups -OCH3 is 3. The highest BCUT2D eigenvalue weighted by molar-refractivity contribution is 5.88. The lowest BCUT2D eigenvalue weighted by Crippen LogP contribution is -2.34. The molecule has 2 aromatic carbocycles. The molecule has 0 aliphatic heterocycles. The SMILES string of the molecule is COc1ccc(NC(C)C(=O)N/N=C/c2cc(OC)ccc2OC)cc1. The van der Waals surface area contributed by atoms with E-state index in [0.29, 0.717) is 17.1 Å². The maximum atomic E-state index is 12.2. The number of hydrogen-bond acceptors (Lipinski definition) is 6. The fourth-order valence-electron chi connectivity index (χ4n) is 2.21. The van der Waals surface area contributed by atoms with E-state index in [1.54, 1.807) is 46.5 Å². The molecular formula is C19H23N3O4. The molecule has 0 spiro atoms. The van der Waals surface area contributed by atoms with Crippen molar-refractivity contribution >= 4 is 17.8 Å². The molecule has 2 aromatic rings. The summed E-state index contributed by atoms with van der Waals surface area (Å²) in [4.78, 5) is 12.2. The van der Waals surface area contributed by atoms with Gasteiger partial charge in [0.2, 0.25) is 0 Å². The van der Waals surface area contributed by atoms with Crippen LogP contribution in [0.15, 0.2) is 47.6 Å². The molecule has 1 atom stereocenters. The Morgan fingerprint density at radius 2 is 1.65 bits per heavy atom. The van der Waals surface area contributed by atoms with Gasteiger partial charge in [-0.05, 0) is 49.4 Å². The van der Waals surface area contributed by atoms with E-state index in [-0.39, 0.29) is 5.91 Å². The van der Waals surface area contributed by atoms with Crippen LogP contribution >= 0.6 is 0 Å².